The van der Waals surface area contributed by atoms with Crippen LogP contribution >= 0.6 is 0 Å². The van der Waals surface area contributed by atoms with E-state index in [2.05, 4.69) is 19.2 Å². The summed E-state index contributed by atoms with van der Waals surface area (Å²) in [5.74, 6) is -3.80. The lowest BCUT2D eigenvalue weighted by molar-refractivity contribution is -0.147. The molecular weight excluding hydrogens is 620 g/mol. The Bertz CT molecular complexity index is 1330. The van der Waals surface area contributed by atoms with Gasteiger partial charge >= 0.3 is 0 Å². The van der Waals surface area contributed by atoms with E-state index in [1.54, 1.807) is 4.90 Å². The normalized spacial score (nSPS) is 27.7. The number of nitrogens with one attached hydrogen (secondary N) is 1. The van der Waals surface area contributed by atoms with Crippen molar-refractivity contribution in [3.8, 4) is 0 Å². The molecule has 10 heteroatoms. The highest BCUT2D eigenvalue weighted by atomic mass is 16.2. The first-order valence-corrected chi connectivity index (χ1v) is 19.0. The van der Waals surface area contributed by atoms with Gasteiger partial charge in [0.05, 0.1) is 6.04 Å². The number of amides is 3. The van der Waals surface area contributed by atoms with Crippen molar-refractivity contribution in [2.45, 2.75) is 125 Å². The summed E-state index contributed by atoms with van der Waals surface area (Å²) in [6.45, 7) is 17.5. The second-order valence-electron chi connectivity index (χ2n) is 18.2. The predicted molar refractivity (Wildman–Crippen MR) is 187 cm³/mol. The number of carbonyl (C=O) groups is 6. The van der Waals surface area contributed by atoms with Crippen molar-refractivity contribution in [3.05, 3.63) is 0 Å². The van der Waals surface area contributed by atoms with Crippen LogP contribution in [-0.2, 0) is 28.8 Å². The molecule has 2 saturated heterocycles. The lowest BCUT2D eigenvalue weighted by atomic mass is 9.73. The molecule has 3 N–H and O–H groups in total. The number of hydrogen-bond acceptors (Lipinski definition) is 7. The number of nitrogens with zero attached hydrogens (tertiary/aromatic N) is 2. The van der Waals surface area contributed by atoms with Crippen LogP contribution in [-0.4, -0.2) is 83.6 Å². The van der Waals surface area contributed by atoms with E-state index in [0.717, 1.165) is 51.6 Å². The van der Waals surface area contributed by atoms with E-state index >= 15 is 0 Å². The highest BCUT2D eigenvalue weighted by molar-refractivity contribution is 6.36. The molecule has 0 bridgehead atoms. The van der Waals surface area contributed by atoms with Crippen molar-refractivity contribution in [1.82, 2.24) is 15.1 Å². The van der Waals surface area contributed by atoms with E-state index in [1.165, 1.54) is 0 Å². The van der Waals surface area contributed by atoms with Crippen molar-refractivity contribution < 1.29 is 28.8 Å². The van der Waals surface area contributed by atoms with E-state index in [9.17, 15) is 28.8 Å². The molecule has 5 atom stereocenters. The fourth-order valence-electron chi connectivity index (χ4n) is 10.4. The summed E-state index contributed by atoms with van der Waals surface area (Å²) in [5.41, 5.74) is 4.73. The summed E-state index contributed by atoms with van der Waals surface area (Å²) in [5, 5.41) is 3.27. The maximum absolute atomic E-state index is 14.8. The average Bonchev–Trinajstić information content (AvgIpc) is 3.21. The Labute approximate surface area is 293 Å². The van der Waals surface area contributed by atoms with E-state index in [-0.39, 0.29) is 64.8 Å². The number of carbonyl (C=O) groups excluding carboxylic acids is 6. The largest absolute Gasteiger partial charge is 0.363 e. The van der Waals surface area contributed by atoms with Crippen LogP contribution in [0.1, 0.15) is 119 Å². The van der Waals surface area contributed by atoms with Crippen molar-refractivity contribution in [2.24, 2.45) is 57.0 Å². The summed E-state index contributed by atoms with van der Waals surface area (Å²) < 4.78 is 0. The van der Waals surface area contributed by atoms with E-state index in [0.29, 0.717) is 38.4 Å². The number of rotatable bonds is 14. The number of likely N-dealkylation sites (tertiary alicyclic amines) is 1. The Balaban J connectivity index is 1.38. The number of piperazine rings is 1. The molecule has 5 fully saturated rings. The third kappa shape index (κ3) is 6.76. The van der Waals surface area contributed by atoms with Crippen LogP contribution in [0.4, 0.5) is 0 Å². The molecule has 2 heterocycles. The Morgan fingerprint density at radius 2 is 1.51 bits per heavy atom. The monoisotopic (exact) mass is 682 g/mol. The molecule has 1 unspecified atom stereocenters. The van der Waals surface area contributed by atoms with Gasteiger partial charge in [0.25, 0.3) is 5.91 Å². The summed E-state index contributed by atoms with van der Waals surface area (Å²) in [6.07, 6.45) is 7.33. The zero-order chi connectivity index (χ0) is 36.1. The second-order valence-corrected chi connectivity index (χ2v) is 18.2. The quantitative estimate of drug-likeness (QED) is 0.260. The summed E-state index contributed by atoms with van der Waals surface area (Å²) in [4.78, 5) is 85.2. The SMILES string of the molecule is CC(C)[C@H](CC(=O)C[C@H](C(=O)N1C[C@]2(C[C@H]1C(=O)CC(CC1CCC1)C(=O)C(N)=O)C(C)(C)C21CCC1)C(C)(C)C)C(=O)N1CCNCC1. The third-order valence-corrected chi connectivity index (χ3v) is 14.1. The molecule has 49 heavy (non-hydrogen) atoms. The molecule has 0 aromatic heterocycles. The van der Waals surface area contributed by atoms with Gasteiger partial charge in [-0.1, -0.05) is 74.1 Å². The van der Waals surface area contributed by atoms with E-state index in [1.807, 2.05) is 39.5 Å². The van der Waals surface area contributed by atoms with Crippen LogP contribution in [0.2, 0.25) is 0 Å². The van der Waals surface area contributed by atoms with Crippen LogP contribution in [0.25, 0.3) is 0 Å². The third-order valence-electron chi connectivity index (χ3n) is 14.1. The first-order valence-electron chi connectivity index (χ1n) is 19.0. The number of ketones is 3. The Kier molecular flexibility index (Phi) is 10.6. The zero-order valence-electron chi connectivity index (χ0n) is 31.2. The van der Waals surface area contributed by atoms with Gasteiger partial charge in [-0.3, -0.25) is 28.8 Å². The summed E-state index contributed by atoms with van der Waals surface area (Å²) >= 11 is 0. The van der Waals surface area contributed by atoms with E-state index < -0.39 is 40.9 Å². The van der Waals surface area contributed by atoms with Crippen LogP contribution < -0.4 is 11.1 Å². The fraction of sp³-hybridized carbons (Fsp3) is 0.846. The smallest absolute Gasteiger partial charge is 0.285 e. The fourth-order valence-corrected chi connectivity index (χ4v) is 10.4. The predicted octanol–water partition coefficient (Wildman–Crippen LogP) is 4.32. The molecule has 2 spiro atoms. The van der Waals surface area contributed by atoms with Gasteiger partial charge in [-0.15, -0.1) is 0 Å². The van der Waals surface area contributed by atoms with Crippen LogP contribution in [0.15, 0.2) is 0 Å². The Morgan fingerprint density at radius 3 is 1.98 bits per heavy atom. The number of hydrogen-bond donors (Lipinski definition) is 2. The molecule has 0 radical (unpaired) electrons. The Morgan fingerprint density at radius 1 is 0.878 bits per heavy atom. The van der Waals surface area contributed by atoms with Gasteiger partial charge < -0.3 is 20.9 Å². The molecule has 3 aliphatic carbocycles. The maximum atomic E-state index is 14.8. The van der Waals surface area contributed by atoms with Crippen LogP contribution in [0.3, 0.4) is 0 Å². The Hall–Kier alpha value is -2.62. The molecule has 274 valence electrons. The summed E-state index contributed by atoms with van der Waals surface area (Å²) in [7, 11) is 0. The number of nitrogens with two attached hydrogens (primary N) is 1. The molecular formula is C39H62N4O6. The van der Waals surface area contributed by atoms with Crippen molar-refractivity contribution >= 4 is 35.1 Å². The van der Waals surface area contributed by atoms with Crippen LogP contribution in [0, 0.1) is 51.2 Å². The first kappa shape index (κ1) is 37.6. The van der Waals surface area contributed by atoms with Crippen molar-refractivity contribution in [2.75, 3.05) is 32.7 Å². The minimum atomic E-state index is -1.01. The highest BCUT2D eigenvalue weighted by Gasteiger charge is 2.85. The number of Topliss-reactive ketones (excluding diaryl/α,β-unsaturated/α-hetero) is 3. The molecule has 3 saturated carbocycles. The van der Waals surface area contributed by atoms with Gasteiger partial charge in [-0.05, 0) is 53.8 Å². The minimum Gasteiger partial charge on any atom is -0.363 e. The molecule has 2 aliphatic heterocycles. The first-order chi connectivity index (χ1) is 22.9. The second kappa shape index (κ2) is 13.8. The van der Waals surface area contributed by atoms with Gasteiger partial charge in [-0.2, -0.15) is 0 Å². The number of fused-ring (bicyclic) bond motifs is 1. The molecule has 5 rings (SSSR count). The zero-order valence-corrected chi connectivity index (χ0v) is 31.2. The summed E-state index contributed by atoms with van der Waals surface area (Å²) in [6, 6.07) is -0.714. The van der Waals surface area contributed by atoms with Gasteiger partial charge in [0, 0.05) is 75.2 Å². The number of primary amides is 1. The molecule has 3 amide bonds. The minimum absolute atomic E-state index is 0.000597. The maximum Gasteiger partial charge on any atom is 0.285 e. The van der Waals surface area contributed by atoms with E-state index in [4.69, 9.17) is 5.73 Å². The lowest BCUT2D eigenvalue weighted by Crippen LogP contribution is -2.50. The average molecular weight is 683 g/mol. The molecule has 5 aliphatic rings. The van der Waals surface area contributed by atoms with Crippen LogP contribution in [0.5, 0.6) is 0 Å². The highest BCUT2D eigenvalue weighted by Crippen LogP contribution is 2.88. The van der Waals surface area contributed by atoms with Crippen molar-refractivity contribution in [3.63, 3.8) is 0 Å². The van der Waals surface area contributed by atoms with Crippen molar-refractivity contribution in [1.29, 1.82) is 0 Å². The lowest BCUT2D eigenvalue weighted by Gasteiger charge is -2.36. The topological polar surface area (TPSA) is 147 Å². The van der Waals surface area contributed by atoms with Gasteiger partial charge in [0.1, 0.15) is 5.78 Å². The molecule has 0 aromatic carbocycles. The van der Waals surface area contributed by atoms with Gasteiger partial charge in [0.2, 0.25) is 17.6 Å². The van der Waals surface area contributed by atoms with Gasteiger partial charge in [0.15, 0.2) is 5.78 Å². The molecule has 0 aromatic rings. The molecule has 10 nitrogen and oxygen atoms in total. The van der Waals surface area contributed by atoms with Gasteiger partial charge in [-0.25, -0.2) is 0 Å². The standard InChI is InChI=1S/C39H62N4O6/c1-24(2)28(34(48)42-16-14-41-15-17-42)20-27(44)21-29(36(3,4)5)35(49)43-23-39(37(6,7)38(39)12-9-13-38)22-30(43)31(45)19-26(32(46)33(40)47)18-25-10-8-11-25/h24-26,28-30,41H,8-23H2,1-7H3,(H2,40,47)/t26?,28-,29+,30-,39+/m0/s1.